The van der Waals surface area contributed by atoms with E-state index in [1.807, 2.05) is 24.3 Å². The lowest BCUT2D eigenvalue weighted by Crippen LogP contribution is -2.45. The first kappa shape index (κ1) is 19.2. The van der Waals surface area contributed by atoms with Crippen LogP contribution in [-0.2, 0) is 14.9 Å². The molecule has 1 aliphatic rings. The Hall–Kier alpha value is -2.60. The molecule has 1 heterocycles. The maximum atomic E-state index is 12.9. The molecular formula is C21H24FNO4. The highest BCUT2D eigenvalue weighted by Gasteiger charge is 2.34. The molecule has 0 spiro atoms. The fourth-order valence-corrected chi connectivity index (χ4v) is 3.27. The van der Waals surface area contributed by atoms with Crippen LogP contribution < -0.4 is 14.8 Å². The number of carbonyl (C=O) groups is 1. The molecule has 144 valence electrons. The van der Waals surface area contributed by atoms with E-state index in [9.17, 15) is 9.18 Å². The van der Waals surface area contributed by atoms with Crippen LogP contribution in [0.1, 0.15) is 18.4 Å². The summed E-state index contributed by atoms with van der Waals surface area (Å²) >= 11 is 0. The number of nitrogens with one attached hydrogen (secondary N) is 1. The van der Waals surface area contributed by atoms with Crippen LogP contribution in [0.4, 0.5) is 4.39 Å². The molecule has 2 aromatic carbocycles. The minimum atomic E-state index is -0.340. The van der Waals surface area contributed by atoms with Crippen LogP contribution >= 0.6 is 0 Å². The molecule has 0 unspecified atom stereocenters. The van der Waals surface area contributed by atoms with E-state index in [2.05, 4.69) is 5.32 Å². The van der Waals surface area contributed by atoms with E-state index in [1.165, 1.54) is 24.3 Å². The molecule has 0 atom stereocenters. The predicted octanol–water partition coefficient (Wildman–Crippen LogP) is 3.08. The van der Waals surface area contributed by atoms with Crippen molar-refractivity contribution < 1.29 is 23.4 Å². The molecule has 0 aromatic heterocycles. The van der Waals surface area contributed by atoms with E-state index < -0.39 is 0 Å². The third-order valence-electron chi connectivity index (χ3n) is 4.96. The zero-order chi connectivity index (χ0) is 19.1. The van der Waals surface area contributed by atoms with Gasteiger partial charge >= 0.3 is 0 Å². The second-order valence-electron chi connectivity index (χ2n) is 6.64. The highest BCUT2D eigenvalue weighted by molar-refractivity contribution is 5.77. The molecule has 0 aliphatic carbocycles. The zero-order valence-corrected chi connectivity index (χ0v) is 15.4. The van der Waals surface area contributed by atoms with Crippen molar-refractivity contribution >= 4 is 5.91 Å². The van der Waals surface area contributed by atoms with Gasteiger partial charge in [-0.1, -0.05) is 12.1 Å². The molecule has 1 aliphatic heterocycles. The first-order chi connectivity index (χ1) is 13.1. The van der Waals surface area contributed by atoms with Crippen molar-refractivity contribution in [2.45, 2.75) is 18.3 Å². The molecule has 0 bridgehead atoms. The molecule has 0 radical (unpaired) electrons. The van der Waals surface area contributed by atoms with E-state index in [1.54, 1.807) is 7.11 Å². The van der Waals surface area contributed by atoms with Crippen LogP contribution in [0.15, 0.2) is 48.5 Å². The Labute approximate surface area is 158 Å². The second-order valence-corrected chi connectivity index (χ2v) is 6.64. The number of methoxy groups -OCH3 is 1. The topological polar surface area (TPSA) is 56.8 Å². The highest BCUT2D eigenvalue weighted by atomic mass is 19.1. The van der Waals surface area contributed by atoms with Crippen molar-refractivity contribution in [3.8, 4) is 11.5 Å². The number of carbonyl (C=O) groups excluding carboxylic acids is 1. The van der Waals surface area contributed by atoms with Crippen LogP contribution in [0.2, 0.25) is 0 Å². The monoisotopic (exact) mass is 373 g/mol. The SMILES string of the molecule is COc1ccc(C2(CNC(=O)COc3ccc(F)cc3)CCOCC2)cc1. The van der Waals surface area contributed by atoms with Gasteiger partial charge in [-0.25, -0.2) is 4.39 Å². The van der Waals surface area contributed by atoms with Gasteiger partial charge in [0.1, 0.15) is 17.3 Å². The fraction of sp³-hybridized carbons (Fsp3) is 0.381. The maximum absolute atomic E-state index is 12.9. The van der Waals surface area contributed by atoms with Gasteiger partial charge in [-0.3, -0.25) is 4.79 Å². The molecule has 5 nitrogen and oxygen atoms in total. The molecule has 27 heavy (non-hydrogen) atoms. The summed E-state index contributed by atoms with van der Waals surface area (Å²) in [6, 6.07) is 13.6. The Morgan fingerprint density at radius 2 is 1.70 bits per heavy atom. The average molecular weight is 373 g/mol. The minimum absolute atomic E-state index is 0.110. The third-order valence-corrected chi connectivity index (χ3v) is 4.96. The Morgan fingerprint density at radius 3 is 2.33 bits per heavy atom. The van der Waals surface area contributed by atoms with Gasteiger partial charge in [0, 0.05) is 25.2 Å². The number of ether oxygens (including phenoxy) is 3. The quantitative estimate of drug-likeness (QED) is 0.810. The number of benzene rings is 2. The van der Waals surface area contributed by atoms with Gasteiger partial charge in [-0.05, 0) is 54.8 Å². The lowest BCUT2D eigenvalue weighted by atomic mass is 9.74. The van der Waals surface area contributed by atoms with Crippen molar-refractivity contribution in [2.24, 2.45) is 0 Å². The fourth-order valence-electron chi connectivity index (χ4n) is 3.27. The van der Waals surface area contributed by atoms with Crippen molar-refractivity contribution in [3.63, 3.8) is 0 Å². The van der Waals surface area contributed by atoms with Crippen LogP contribution in [-0.4, -0.2) is 39.4 Å². The number of hydrogen-bond acceptors (Lipinski definition) is 4. The van der Waals surface area contributed by atoms with Crippen molar-refractivity contribution in [1.29, 1.82) is 0 Å². The first-order valence-corrected chi connectivity index (χ1v) is 8.99. The average Bonchev–Trinajstić information content (AvgIpc) is 2.72. The summed E-state index contributed by atoms with van der Waals surface area (Å²) in [5.74, 6) is 0.714. The molecule has 2 aromatic rings. The minimum Gasteiger partial charge on any atom is -0.497 e. The van der Waals surface area contributed by atoms with E-state index in [0.29, 0.717) is 25.5 Å². The second kappa shape index (κ2) is 8.86. The smallest absolute Gasteiger partial charge is 0.257 e. The molecule has 1 N–H and O–H groups in total. The normalized spacial score (nSPS) is 15.8. The Balaban J connectivity index is 1.60. The van der Waals surface area contributed by atoms with Crippen LogP contribution in [0, 0.1) is 5.82 Å². The summed E-state index contributed by atoms with van der Waals surface area (Å²) in [7, 11) is 1.64. The molecular weight excluding hydrogens is 349 g/mol. The summed E-state index contributed by atoms with van der Waals surface area (Å²) in [5, 5.41) is 2.98. The van der Waals surface area contributed by atoms with Crippen LogP contribution in [0.3, 0.4) is 0 Å². The number of amides is 1. The van der Waals surface area contributed by atoms with Gasteiger partial charge in [0.15, 0.2) is 6.61 Å². The van der Waals surface area contributed by atoms with Crippen molar-refractivity contribution in [1.82, 2.24) is 5.32 Å². The summed E-state index contributed by atoms with van der Waals surface area (Å²) in [6.45, 7) is 1.72. The Bertz CT molecular complexity index is 740. The van der Waals surface area contributed by atoms with E-state index in [0.717, 1.165) is 24.2 Å². The molecule has 6 heteroatoms. The van der Waals surface area contributed by atoms with Crippen molar-refractivity contribution in [3.05, 3.63) is 59.9 Å². The largest absolute Gasteiger partial charge is 0.497 e. The molecule has 1 fully saturated rings. The van der Waals surface area contributed by atoms with Crippen molar-refractivity contribution in [2.75, 3.05) is 33.5 Å². The number of rotatable bonds is 7. The van der Waals surface area contributed by atoms with E-state index in [-0.39, 0.29) is 23.7 Å². The van der Waals surface area contributed by atoms with Gasteiger partial charge < -0.3 is 19.5 Å². The van der Waals surface area contributed by atoms with E-state index in [4.69, 9.17) is 14.2 Å². The lowest BCUT2D eigenvalue weighted by Gasteiger charge is -2.38. The van der Waals surface area contributed by atoms with E-state index >= 15 is 0 Å². The standard InChI is InChI=1S/C21H24FNO4/c1-25-18-6-2-16(3-7-18)21(10-12-26-13-11-21)15-23-20(24)14-27-19-8-4-17(22)5-9-19/h2-9H,10-15H2,1H3,(H,23,24). The molecule has 1 saturated heterocycles. The molecule has 1 amide bonds. The lowest BCUT2D eigenvalue weighted by molar-refractivity contribution is -0.123. The van der Waals surface area contributed by atoms with Crippen LogP contribution in [0.5, 0.6) is 11.5 Å². The summed E-state index contributed by atoms with van der Waals surface area (Å²) < 4.78 is 29.1. The van der Waals surface area contributed by atoms with Gasteiger partial charge in [0.2, 0.25) is 0 Å². The summed E-state index contributed by atoms with van der Waals surface area (Å²) in [4.78, 5) is 12.2. The molecule has 3 rings (SSSR count). The first-order valence-electron chi connectivity index (χ1n) is 8.99. The summed E-state index contributed by atoms with van der Waals surface area (Å²) in [5.41, 5.74) is 0.988. The van der Waals surface area contributed by atoms with Gasteiger partial charge in [0.05, 0.1) is 7.11 Å². The maximum Gasteiger partial charge on any atom is 0.257 e. The van der Waals surface area contributed by atoms with Gasteiger partial charge in [0.25, 0.3) is 5.91 Å². The van der Waals surface area contributed by atoms with Gasteiger partial charge in [-0.2, -0.15) is 0 Å². The molecule has 0 saturated carbocycles. The Kier molecular flexibility index (Phi) is 6.29. The van der Waals surface area contributed by atoms with Crippen LogP contribution in [0.25, 0.3) is 0 Å². The van der Waals surface area contributed by atoms with Gasteiger partial charge in [-0.15, -0.1) is 0 Å². The zero-order valence-electron chi connectivity index (χ0n) is 15.4. The third kappa shape index (κ3) is 4.98. The summed E-state index contributed by atoms with van der Waals surface area (Å²) in [6.07, 6.45) is 1.66. The predicted molar refractivity (Wildman–Crippen MR) is 99.6 cm³/mol. The number of hydrogen-bond donors (Lipinski definition) is 1. The number of halogens is 1. The Morgan fingerprint density at radius 1 is 1.07 bits per heavy atom. The highest BCUT2D eigenvalue weighted by Crippen LogP contribution is 2.35.